The van der Waals surface area contributed by atoms with Crippen molar-refractivity contribution in [1.29, 1.82) is 0 Å². The zero-order chi connectivity index (χ0) is 13.9. The van der Waals surface area contributed by atoms with E-state index < -0.39 is 0 Å². The van der Waals surface area contributed by atoms with Crippen LogP contribution in [0.3, 0.4) is 0 Å². The van der Waals surface area contributed by atoms with Crippen LogP contribution in [0.1, 0.15) is 42.7 Å². The number of hydrogen-bond acceptors (Lipinski definition) is 3. The number of hydrogen-bond donors (Lipinski definition) is 2. The third kappa shape index (κ3) is 2.59. The maximum Gasteiger partial charge on any atom is 0.220 e. The molecule has 0 saturated heterocycles. The minimum Gasteiger partial charge on any atom is -0.369 e. The zero-order valence-electron chi connectivity index (χ0n) is 11.4. The van der Waals surface area contributed by atoms with Gasteiger partial charge in [0.15, 0.2) is 0 Å². The second kappa shape index (κ2) is 5.49. The van der Waals surface area contributed by atoms with Crippen molar-refractivity contribution in [1.82, 2.24) is 0 Å². The average Bonchev–Trinajstić information content (AvgIpc) is 2.71. The van der Waals surface area contributed by atoms with Crippen LogP contribution in [0, 0.1) is 5.92 Å². The van der Waals surface area contributed by atoms with Crippen molar-refractivity contribution < 1.29 is 4.79 Å². The van der Waals surface area contributed by atoms with E-state index in [0.29, 0.717) is 5.92 Å². The van der Waals surface area contributed by atoms with Crippen LogP contribution in [0.25, 0.3) is 6.08 Å². The molecule has 0 unspecified atom stereocenters. The largest absolute Gasteiger partial charge is 0.369 e. The number of amides is 1. The molecule has 1 fully saturated rings. The fourth-order valence-corrected chi connectivity index (χ4v) is 3.08. The summed E-state index contributed by atoms with van der Waals surface area (Å²) >= 11 is 0. The van der Waals surface area contributed by atoms with Gasteiger partial charge in [-0.25, -0.2) is 0 Å². The van der Waals surface area contributed by atoms with Gasteiger partial charge in [0.05, 0.1) is 5.69 Å². The SMILES string of the molecule is NC(=O)C1CCC(c2ccc3c(c2)NN=CC=C3)CC1. The quantitative estimate of drug-likeness (QED) is 0.866. The third-order valence-corrected chi connectivity index (χ3v) is 4.30. The second-order valence-electron chi connectivity index (χ2n) is 5.55. The van der Waals surface area contributed by atoms with E-state index in [2.05, 4.69) is 28.7 Å². The number of benzene rings is 1. The number of rotatable bonds is 2. The molecule has 1 aliphatic carbocycles. The monoisotopic (exact) mass is 269 g/mol. The molecule has 1 aromatic rings. The van der Waals surface area contributed by atoms with Gasteiger partial charge in [0.25, 0.3) is 0 Å². The highest BCUT2D eigenvalue weighted by molar-refractivity contribution is 5.84. The summed E-state index contributed by atoms with van der Waals surface area (Å²) in [5, 5.41) is 4.11. The van der Waals surface area contributed by atoms with E-state index in [1.54, 1.807) is 6.21 Å². The summed E-state index contributed by atoms with van der Waals surface area (Å²) in [4.78, 5) is 11.2. The Balaban J connectivity index is 1.76. The summed E-state index contributed by atoms with van der Waals surface area (Å²) in [5.74, 6) is 0.443. The Morgan fingerprint density at radius 2 is 2.05 bits per heavy atom. The van der Waals surface area contributed by atoms with Gasteiger partial charge in [-0.15, -0.1) is 0 Å². The van der Waals surface area contributed by atoms with Crippen LogP contribution in [0.5, 0.6) is 0 Å². The van der Waals surface area contributed by atoms with Gasteiger partial charge in [-0.1, -0.05) is 18.2 Å². The minimum absolute atomic E-state index is 0.0673. The zero-order valence-corrected chi connectivity index (χ0v) is 11.4. The van der Waals surface area contributed by atoms with E-state index >= 15 is 0 Å². The van der Waals surface area contributed by atoms with E-state index in [-0.39, 0.29) is 11.8 Å². The number of carbonyl (C=O) groups excluding carboxylic acids is 1. The van der Waals surface area contributed by atoms with Crippen molar-refractivity contribution in [2.24, 2.45) is 16.8 Å². The number of nitrogens with zero attached hydrogens (tertiary/aromatic N) is 1. The lowest BCUT2D eigenvalue weighted by atomic mass is 9.78. The van der Waals surface area contributed by atoms with Crippen LogP contribution in [0.2, 0.25) is 0 Å². The number of allylic oxidation sites excluding steroid dienone is 1. The average molecular weight is 269 g/mol. The molecule has 0 radical (unpaired) electrons. The summed E-state index contributed by atoms with van der Waals surface area (Å²) < 4.78 is 0. The van der Waals surface area contributed by atoms with E-state index in [1.165, 1.54) is 5.56 Å². The molecule has 3 N–H and O–H groups in total. The van der Waals surface area contributed by atoms with E-state index in [9.17, 15) is 4.79 Å². The maximum absolute atomic E-state index is 11.2. The van der Waals surface area contributed by atoms with Crippen LogP contribution in [0.15, 0.2) is 29.4 Å². The maximum atomic E-state index is 11.2. The summed E-state index contributed by atoms with van der Waals surface area (Å²) in [5.41, 5.74) is 12.0. The van der Waals surface area contributed by atoms with E-state index in [0.717, 1.165) is 36.9 Å². The number of anilines is 1. The molecule has 4 nitrogen and oxygen atoms in total. The summed E-state index contributed by atoms with van der Waals surface area (Å²) in [6.45, 7) is 0. The first-order valence-electron chi connectivity index (χ1n) is 7.13. The molecule has 1 amide bonds. The highest BCUT2D eigenvalue weighted by Crippen LogP contribution is 2.37. The van der Waals surface area contributed by atoms with Gasteiger partial charge in [-0.2, -0.15) is 5.10 Å². The van der Waals surface area contributed by atoms with Crippen molar-refractivity contribution in [3.63, 3.8) is 0 Å². The fraction of sp³-hybridized carbons (Fsp3) is 0.375. The topological polar surface area (TPSA) is 67.5 Å². The Morgan fingerprint density at radius 3 is 2.80 bits per heavy atom. The van der Waals surface area contributed by atoms with Crippen LogP contribution < -0.4 is 11.2 Å². The lowest BCUT2D eigenvalue weighted by Gasteiger charge is -2.27. The number of hydrazone groups is 1. The molecule has 104 valence electrons. The van der Waals surface area contributed by atoms with Crippen molar-refractivity contribution in [3.05, 3.63) is 35.4 Å². The highest BCUT2D eigenvalue weighted by atomic mass is 16.1. The number of carbonyl (C=O) groups is 1. The Hall–Kier alpha value is -2.10. The number of nitrogens with one attached hydrogen (secondary N) is 1. The summed E-state index contributed by atoms with van der Waals surface area (Å²) in [6, 6.07) is 6.49. The highest BCUT2D eigenvalue weighted by Gasteiger charge is 2.25. The molecule has 0 aromatic heterocycles. The van der Waals surface area contributed by atoms with Crippen LogP contribution in [-0.4, -0.2) is 12.1 Å². The van der Waals surface area contributed by atoms with Crippen molar-refractivity contribution in [3.8, 4) is 0 Å². The first-order valence-corrected chi connectivity index (χ1v) is 7.13. The molecule has 1 saturated carbocycles. The molecule has 20 heavy (non-hydrogen) atoms. The van der Waals surface area contributed by atoms with Crippen molar-refractivity contribution in [2.75, 3.05) is 5.43 Å². The predicted octanol–water partition coefficient (Wildman–Crippen LogP) is 2.87. The van der Waals surface area contributed by atoms with Crippen molar-refractivity contribution >= 4 is 23.9 Å². The molecule has 1 aliphatic heterocycles. The Labute approximate surface area is 118 Å². The first kappa shape index (κ1) is 12.9. The molecule has 0 atom stereocenters. The van der Waals surface area contributed by atoms with Gasteiger partial charge in [-0.3, -0.25) is 10.2 Å². The fourth-order valence-electron chi connectivity index (χ4n) is 3.08. The minimum atomic E-state index is -0.147. The molecule has 4 heteroatoms. The Kier molecular flexibility index (Phi) is 3.54. The van der Waals surface area contributed by atoms with E-state index in [4.69, 9.17) is 5.73 Å². The molecule has 0 bridgehead atoms. The molecular formula is C16H19N3O. The van der Waals surface area contributed by atoms with Crippen LogP contribution >= 0.6 is 0 Å². The molecular weight excluding hydrogens is 250 g/mol. The van der Waals surface area contributed by atoms with Gasteiger partial charge in [-0.05, 0) is 54.9 Å². The van der Waals surface area contributed by atoms with Gasteiger partial charge >= 0.3 is 0 Å². The third-order valence-electron chi connectivity index (χ3n) is 4.30. The molecule has 0 spiro atoms. The number of primary amides is 1. The molecule has 2 aliphatic rings. The Morgan fingerprint density at radius 1 is 1.25 bits per heavy atom. The normalized spacial score (nSPS) is 24.6. The first-order chi connectivity index (χ1) is 9.74. The second-order valence-corrected chi connectivity index (χ2v) is 5.55. The van der Waals surface area contributed by atoms with Gasteiger partial charge in [0.1, 0.15) is 0 Å². The number of nitrogens with two attached hydrogens (primary N) is 1. The summed E-state index contributed by atoms with van der Waals surface area (Å²) in [6.07, 6.45) is 9.60. The molecule has 1 heterocycles. The summed E-state index contributed by atoms with van der Waals surface area (Å²) in [7, 11) is 0. The van der Waals surface area contributed by atoms with Crippen LogP contribution in [0.4, 0.5) is 5.69 Å². The predicted molar refractivity (Wildman–Crippen MR) is 81.5 cm³/mol. The van der Waals surface area contributed by atoms with Gasteiger partial charge < -0.3 is 5.73 Å². The van der Waals surface area contributed by atoms with Crippen molar-refractivity contribution in [2.45, 2.75) is 31.6 Å². The van der Waals surface area contributed by atoms with Gasteiger partial charge in [0, 0.05) is 12.1 Å². The molecule has 3 rings (SSSR count). The lowest BCUT2D eigenvalue weighted by Crippen LogP contribution is -2.27. The van der Waals surface area contributed by atoms with E-state index in [1.807, 2.05) is 12.2 Å². The standard InChI is InChI=1S/C16H19N3O/c17-16(20)13-6-3-11(4-7-13)14-8-5-12-2-1-9-18-19-15(12)10-14/h1-2,5,8-11,13,19H,3-4,6-7H2,(H2,17,20). The lowest BCUT2D eigenvalue weighted by molar-refractivity contribution is -0.122. The smallest absolute Gasteiger partial charge is 0.220 e. The van der Waals surface area contributed by atoms with Gasteiger partial charge in [0.2, 0.25) is 5.91 Å². The Bertz CT molecular complexity index is 569. The number of fused-ring (bicyclic) bond motifs is 1. The molecule has 1 aromatic carbocycles. The van der Waals surface area contributed by atoms with Crippen LogP contribution in [-0.2, 0) is 4.79 Å².